The van der Waals surface area contributed by atoms with Crippen molar-refractivity contribution in [3.05, 3.63) is 60.0 Å². The Hall–Kier alpha value is -4.61. The predicted octanol–water partition coefficient (Wildman–Crippen LogP) is 1.46. The van der Waals surface area contributed by atoms with Crippen LogP contribution in [0.4, 0.5) is 5.82 Å². The molecule has 12 heteroatoms. The molecule has 0 spiro atoms. The summed E-state index contributed by atoms with van der Waals surface area (Å²) in [6, 6.07) is 12.4. The number of anilines is 1. The number of pyridine rings is 1. The van der Waals surface area contributed by atoms with Crippen LogP contribution in [0.25, 0.3) is 17.1 Å². The SMILES string of the molecule is COc1cccc(-c2c(C(=O)N/N=C(/C)c3ccccn3)nnn2-c2nonc2N)c1. The number of carbonyl (C=O) groups excluding carboxylic acids is 1. The first-order chi connectivity index (χ1) is 15.1. The van der Waals surface area contributed by atoms with Crippen LogP contribution in [0, 0.1) is 0 Å². The number of benzene rings is 1. The van der Waals surface area contributed by atoms with Gasteiger partial charge in [-0.1, -0.05) is 23.4 Å². The van der Waals surface area contributed by atoms with Crippen molar-refractivity contribution in [3.8, 4) is 22.8 Å². The standard InChI is InChI=1S/C19H17N9O3/c1-11(14-8-3-4-9-21-14)22-24-19(29)15-16(12-6-5-7-13(10-12)30-2)28(27-23-15)18-17(20)25-31-26-18/h3-10H,1-2H3,(H2,20,25)(H,24,29)/b22-11-. The molecule has 4 rings (SSSR count). The molecule has 3 heterocycles. The third-order valence-electron chi connectivity index (χ3n) is 4.29. The number of nitrogen functional groups attached to an aromatic ring is 1. The first-order valence-electron chi connectivity index (χ1n) is 9.03. The highest BCUT2D eigenvalue weighted by molar-refractivity contribution is 6.01. The van der Waals surface area contributed by atoms with Gasteiger partial charge in [0, 0.05) is 11.8 Å². The molecule has 0 radical (unpaired) electrons. The Morgan fingerprint density at radius 1 is 1.23 bits per heavy atom. The van der Waals surface area contributed by atoms with Gasteiger partial charge in [-0.3, -0.25) is 9.78 Å². The summed E-state index contributed by atoms with van der Waals surface area (Å²) in [5.74, 6) is 0.0730. The first-order valence-corrected chi connectivity index (χ1v) is 9.03. The van der Waals surface area contributed by atoms with E-state index in [1.807, 2.05) is 6.07 Å². The van der Waals surface area contributed by atoms with Crippen LogP contribution in [0.2, 0.25) is 0 Å². The number of rotatable bonds is 6. The number of ether oxygens (including phenoxy) is 1. The fourth-order valence-electron chi connectivity index (χ4n) is 2.77. The van der Waals surface area contributed by atoms with Gasteiger partial charge >= 0.3 is 0 Å². The lowest BCUT2D eigenvalue weighted by atomic mass is 10.1. The fraction of sp³-hybridized carbons (Fsp3) is 0.105. The van der Waals surface area contributed by atoms with Crippen LogP contribution in [-0.4, -0.2) is 49.0 Å². The third-order valence-corrected chi connectivity index (χ3v) is 4.29. The van der Waals surface area contributed by atoms with E-state index in [0.29, 0.717) is 28.4 Å². The summed E-state index contributed by atoms with van der Waals surface area (Å²) in [5.41, 5.74) is 10.3. The number of nitrogens with zero attached hydrogens (tertiary/aromatic N) is 7. The highest BCUT2D eigenvalue weighted by atomic mass is 16.6. The second-order valence-corrected chi connectivity index (χ2v) is 6.26. The number of hydrogen-bond donors (Lipinski definition) is 2. The summed E-state index contributed by atoms with van der Waals surface area (Å²) in [5, 5.41) is 19.4. The minimum atomic E-state index is -0.589. The third kappa shape index (κ3) is 3.94. The van der Waals surface area contributed by atoms with Crippen LogP contribution in [-0.2, 0) is 0 Å². The lowest BCUT2D eigenvalue weighted by molar-refractivity contribution is 0.0950. The molecule has 0 atom stereocenters. The maximum absolute atomic E-state index is 12.9. The molecule has 1 amide bonds. The zero-order chi connectivity index (χ0) is 21.8. The lowest BCUT2D eigenvalue weighted by Gasteiger charge is -2.08. The normalized spacial score (nSPS) is 11.4. The Morgan fingerprint density at radius 2 is 2.10 bits per heavy atom. The zero-order valence-corrected chi connectivity index (χ0v) is 16.6. The van der Waals surface area contributed by atoms with Crippen LogP contribution in [0.5, 0.6) is 5.75 Å². The van der Waals surface area contributed by atoms with Crippen LogP contribution in [0.3, 0.4) is 0 Å². The van der Waals surface area contributed by atoms with Gasteiger partial charge in [-0.2, -0.15) is 9.78 Å². The number of amides is 1. The molecule has 0 unspecified atom stereocenters. The number of nitrogens with two attached hydrogens (primary N) is 1. The average Bonchev–Trinajstić information content (AvgIpc) is 3.43. The van der Waals surface area contributed by atoms with E-state index in [2.05, 4.69) is 40.8 Å². The Kier molecular flexibility index (Phi) is 5.34. The van der Waals surface area contributed by atoms with Crippen molar-refractivity contribution < 1.29 is 14.2 Å². The minimum absolute atomic E-state index is 0.00627. The summed E-state index contributed by atoms with van der Waals surface area (Å²) in [4.78, 5) is 17.1. The Labute approximate surface area is 175 Å². The van der Waals surface area contributed by atoms with E-state index in [1.165, 1.54) is 11.8 Å². The largest absolute Gasteiger partial charge is 0.497 e. The fourth-order valence-corrected chi connectivity index (χ4v) is 2.77. The summed E-state index contributed by atoms with van der Waals surface area (Å²) in [6.45, 7) is 1.73. The summed E-state index contributed by atoms with van der Waals surface area (Å²) in [7, 11) is 1.54. The van der Waals surface area contributed by atoms with Crippen molar-refractivity contribution in [2.75, 3.05) is 12.8 Å². The number of hydrogen-bond acceptors (Lipinski definition) is 10. The predicted molar refractivity (Wildman–Crippen MR) is 110 cm³/mol. The van der Waals surface area contributed by atoms with Crippen molar-refractivity contribution in [3.63, 3.8) is 0 Å². The van der Waals surface area contributed by atoms with Gasteiger partial charge in [0.05, 0.1) is 18.5 Å². The molecule has 0 saturated heterocycles. The van der Waals surface area contributed by atoms with Gasteiger partial charge in [0.1, 0.15) is 11.4 Å². The van der Waals surface area contributed by atoms with E-state index in [1.54, 1.807) is 49.5 Å². The molecule has 12 nitrogen and oxygen atoms in total. The van der Waals surface area contributed by atoms with Gasteiger partial charge in [-0.25, -0.2) is 10.1 Å². The molecule has 31 heavy (non-hydrogen) atoms. The Balaban J connectivity index is 1.74. The summed E-state index contributed by atoms with van der Waals surface area (Å²) < 4.78 is 11.2. The molecule has 0 aliphatic rings. The maximum Gasteiger partial charge on any atom is 0.294 e. The van der Waals surface area contributed by atoms with Crippen LogP contribution < -0.4 is 15.9 Å². The highest BCUT2D eigenvalue weighted by Crippen LogP contribution is 2.28. The number of hydrazone groups is 1. The van der Waals surface area contributed by atoms with Gasteiger partial charge in [-0.15, -0.1) is 5.10 Å². The number of nitrogens with one attached hydrogen (secondary N) is 1. The molecular weight excluding hydrogens is 402 g/mol. The maximum atomic E-state index is 12.9. The number of methoxy groups -OCH3 is 1. The van der Waals surface area contributed by atoms with E-state index in [0.717, 1.165) is 0 Å². The van der Waals surface area contributed by atoms with Crippen molar-refractivity contribution >= 4 is 17.4 Å². The summed E-state index contributed by atoms with van der Waals surface area (Å²) in [6.07, 6.45) is 1.64. The van der Waals surface area contributed by atoms with Crippen molar-refractivity contribution in [2.45, 2.75) is 6.92 Å². The van der Waals surface area contributed by atoms with Crippen LogP contribution >= 0.6 is 0 Å². The molecule has 0 bridgehead atoms. The zero-order valence-electron chi connectivity index (χ0n) is 16.6. The molecule has 0 aliphatic carbocycles. The quantitative estimate of drug-likeness (QED) is 0.348. The van der Waals surface area contributed by atoms with Crippen LogP contribution in [0.15, 0.2) is 58.4 Å². The molecule has 4 aromatic rings. The van der Waals surface area contributed by atoms with E-state index in [-0.39, 0.29) is 17.3 Å². The van der Waals surface area contributed by atoms with Crippen LogP contribution in [0.1, 0.15) is 23.1 Å². The Morgan fingerprint density at radius 3 is 2.81 bits per heavy atom. The summed E-state index contributed by atoms with van der Waals surface area (Å²) >= 11 is 0. The van der Waals surface area contributed by atoms with Crippen molar-refractivity contribution in [1.82, 2.24) is 35.7 Å². The molecule has 0 saturated carbocycles. The van der Waals surface area contributed by atoms with Gasteiger partial charge in [-0.05, 0) is 41.5 Å². The molecule has 156 valence electrons. The minimum Gasteiger partial charge on any atom is -0.497 e. The van der Waals surface area contributed by atoms with Crippen molar-refractivity contribution in [2.24, 2.45) is 5.10 Å². The smallest absolute Gasteiger partial charge is 0.294 e. The van der Waals surface area contributed by atoms with E-state index in [4.69, 9.17) is 10.5 Å². The van der Waals surface area contributed by atoms with E-state index < -0.39 is 5.91 Å². The second-order valence-electron chi connectivity index (χ2n) is 6.26. The monoisotopic (exact) mass is 419 g/mol. The topological polar surface area (TPSA) is 159 Å². The molecule has 0 aliphatic heterocycles. The average molecular weight is 419 g/mol. The molecule has 3 N–H and O–H groups in total. The van der Waals surface area contributed by atoms with Gasteiger partial charge in [0.25, 0.3) is 5.91 Å². The lowest BCUT2D eigenvalue weighted by Crippen LogP contribution is -2.21. The van der Waals surface area contributed by atoms with Crippen molar-refractivity contribution in [1.29, 1.82) is 0 Å². The van der Waals surface area contributed by atoms with Gasteiger partial charge in [0.2, 0.25) is 11.6 Å². The first kappa shape index (κ1) is 19.7. The van der Waals surface area contributed by atoms with E-state index >= 15 is 0 Å². The second kappa shape index (κ2) is 8.41. The number of aromatic nitrogens is 6. The van der Waals surface area contributed by atoms with E-state index in [9.17, 15) is 4.79 Å². The van der Waals surface area contributed by atoms with Gasteiger partial charge in [0.15, 0.2) is 5.69 Å². The highest BCUT2D eigenvalue weighted by Gasteiger charge is 2.25. The number of carbonyl (C=O) groups is 1. The molecular formula is C19H17N9O3. The molecule has 1 aromatic carbocycles. The molecule has 0 fully saturated rings. The van der Waals surface area contributed by atoms with Gasteiger partial charge < -0.3 is 10.5 Å². The Bertz CT molecular complexity index is 1250. The molecule has 3 aromatic heterocycles.